The number of rotatable bonds is 8. The highest BCUT2D eigenvalue weighted by atomic mass is 35.5. The zero-order valence-corrected chi connectivity index (χ0v) is 19.5. The Balaban J connectivity index is 1.65. The normalized spacial score (nSPS) is 10.9. The van der Waals surface area contributed by atoms with Crippen LogP contribution in [-0.2, 0) is 19.6 Å². The summed E-state index contributed by atoms with van der Waals surface area (Å²) in [5.74, 6) is -1.04. The number of carbonyl (C=O) groups is 2. The molecule has 8 nitrogen and oxygen atoms in total. The maximum atomic E-state index is 12.6. The van der Waals surface area contributed by atoms with E-state index < -0.39 is 28.5 Å². The highest BCUT2D eigenvalue weighted by Gasteiger charge is 2.18. The van der Waals surface area contributed by atoms with E-state index in [2.05, 4.69) is 14.8 Å². The van der Waals surface area contributed by atoms with E-state index in [0.717, 1.165) is 0 Å². The molecule has 0 spiro atoms. The molecule has 0 aromatic heterocycles. The van der Waals surface area contributed by atoms with Gasteiger partial charge in [-0.05, 0) is 54.6 Å². The van der Waals surface area contributed by atoms with Crippen LogP contribution in [-0.4, -0.2) is 34.0 Å². The number of carbonyl (C=O) groups excluding carboxylic acids is 2. The van der Waals surface area contributed by atoms with Gasteiger partial charge in [0.15, 0.2) is 6.61 Å². The van der Waals surface area contributed by atoms with Crippen molar-refractivity contribution in [2.45, 2.75) is 4.90 Å². The predicted molar refractivity (Wildman–Crippen MR) is 126 cm³/mol. The molecule has 33 heavy (non-hydrogen) atoms. The molecule has 0 bridgehead atoms. The Kier molecular flexibility index (Phi) is 7.80. The Hall–Kier alpha value is -3.27. The van der Waals surface area contributed by atoms with Gasteiger partial charge in [0, 0.05) is 10.7 Å². The number of methoxy groups -OCH3 is 1. The van der Waals surface area contributed by atoms with Crippen LogP contribution < -0.4 is 14.8 Å². The van der Waals surface area contributed by atoms with Crippen molar-refractivity contribution in [3.8, 4) is 5.75 Å². The van der Waals surface area contributed by atoms with Gasteiger partial charge in [0.25, 0.3) is 15.9 Å². The summed E-state index contributed by atoms with van der Waals surface area (Å²) < 4.78 is 37.7. The Labute approximate surface area is 200 Å². The molecule has 0 aliphatic heterocycles. The van der Waals surface area contributed by atoms with E-state index in [1.807, 2.05) is 0 Å². The number of sulfonamides is 1. The number of para-hydroxylation sites is 1. The Morgan fingerprint density at radius 2 is 1.67 bits per heavy atom. The molecule has 0 aliphatic rings. The number of anilines is 2. The summed E-state index contributed by atoms with van der Waals surface area (Å²) in [6.07, 6.45) is 0. The van der Waals surface area contributed by atoms with Gasteiger partial charge in [-0.25, -0.2) is 13.2 Å². The lowest BCUT2D eigenvalue weighted by atomic mass is 10.2. The first-order chi connectivity index (χ1) is 15.7. The summed E-state index contributed by atoms with van der Waals surface area (Å²) in [5.41, 5.74) is 0.785. The van der Waals surface area contributed by atoms with Gasteiger partial charge in [-0.2, -0.15) is 0 Å². The van der Waals surface area contributed by atoms with E-state index in [1.54, 1.807) is 30.3 Å². The van der Waals surface area contributed by atoms with Crippen molar-refractivity contribution >= 4 is 56.5 Å². The van der Waals surface area contributed by atoms with Gasteiger partial charge in [0.05, 0.1) is 28.3 Å². The van der Waals surface area contributed by atoms with E-state index >= 15 is 0 Å². The van der Waals surface area contributed by atoms with Crippen LogP contribution in [0, 0.1) is 0 Å². The Morgan fingerprint density at radius 3 is 2.33 bits per heavy atom. The van der Waals surface area contributed by atoms with E-state index in [-0.39, 0.29) is 26.9 Å². The highest BCUT2D eigenvalue weighted by molar-refractivity contribution is 7.92. The van der Waals surface area contributed by atoms with Crippen LogP contribution in [0.15, 0.2) is 71.6 Å². The molecule has 0 fully saturated rings. The fourth-order valence-corrected chi connectivity index (χ4v) is 4.22. The molecule has 0 unspecified atom stereocenters. The zero-order chi connectivity index (χ0) is 24.0. The van der Waals surface area contributed by atoms with Gasteiger partial charge in [0.2, 0.25) is 0 Å². The molecule has 11 heteroatoms. The minimum Gasteiger partial charge on any atom is -0.482 e. The Morgan fingerprint density at radius 1 is 0.970 bits per heavy atom. The van der Waals surface area contributed by atoms with Gasteiger partial charge in [-0.3, -0.25) is 9.52 Å². The summed E-state index contributed by atoms with van der Waals surface area (Å²) in [4.78, 5) is 24.0. The standard InChI is InChI=1S/C22H18Cl2N2O6S/c1-31-22(28)17-4-2-3-5-19(17)25-21(27)13-32-20-11-10-16(12-18(20)24)33(29,30)26-15-8-6-14(23)7-9-15/h2-12,26H,13H2,1H3,(H,25,27). The predicted octanol–water partition coefficient (Wildman–Crippen LogP) is 4.60. The molecule has 3 rings (SSSR count). The van der Waals surface area contributed by atoms with Crippen molar-refractivity contribution in [2.75, 3.05) is 23.8 Å². The quantitative estimate of drug-likeness (QED) is 0.430. The molecule has 3 aromatic rings. The topological polar surface area (TPSA) is 111 Å². The molecule has 0 atom stereocenters. The average molecular weight is 509 g/mol. The van der Waals surface area contributed by atoms with Crippen LogP contribution >= 0.6 is 23.2 Å². The minimum absolute atomic E-state index is 0.00302. The largest absolute Gasteiger partial charge is 0.482 e. The maximum Gasteiger partial charge on any atom is 0.339 e. The molecule has 1 amide bonds. The lowest BCUT2D eigenvalue weighted by Gasteiger charge is -2.12. The van der Waals surface area contributed by atoms with Crippen molar-refractivity contribution in [2.24, 2.45) is 0 Å². The van der Waals surface area contributed by atoms with Crippen LogP contribution in [0.4, 0.5) is 11.4 Å². The lowest BCUT2D eigenvalue weighted by Crippen LogP contribution is -2.22. The number of hydrogen-bond donors (Lipinski definition) is 2. The van der Waals surface area contributed by atoms with Crippen LogP contribution in [0.5, 0.6) is 5.75 Å². The number of benzene rings is 3. The summed E-state index contributed by atoms with van der Waals surface area (Å²) in [6, 6.07) is 16.3. The second-order valence-corrected chi connectivity index (χ2v) is 9.10. The van der Waals surface area contributed by atoms with Crippen molar-refractivity contribution < 1.29 is 27.5 Å². The second-order valence-electron chi connectivity index (χ2n) is 6.58. The molecule has 3 aromatic carbocycles. The van der Waals surface area contributed by atoms with Crippen LogP contribution in [0.3, 0.4) is 0 Å². The zero-order valence-electron chi connectivity index (χ0n) is 17.2. The highest BCUT2D eigenvalue weighted by Crippen LogP contribution is 2.28. The van der Waals surface area contributed by atoms with Crippen LogP contribution in [0.1, 0.15) is 10.4 Å². The van der Waals surface area contributed by atoms with E-state index in [4.69, 9.17) is 27.9 Å². The summed E-state index contributed by atoms with van der Waals surface area (Å²) in [5, 5.41) is 3.03. The first-order valence-electron chi connectivity index (χ1n) is 9.37. The summed E-state index contributed by atoms with van der Waals surface area (Å²) in [7, 11) is -2.67. The van der Waals surface area contributed by atoms with Gasteiger partial charge < -0.3 is 14.8 Å². The van der Waals surface area contributed by atoms with Gasteiger partial charge in [-0.1, -0.05) is 35.3 Å². The van der Waals surface area contributed by atoms with Crippen molar-refractivity contribution in [3.63, 3.8) is 0 Å². The number of amides is 1. The molecule has 0 radical (unpaired) electrons. The third kappa shape index (κ3) is 6.38. The smallest absolute Gasteiger partial charge is 0.339 e. The van der Waals surface area contributed by atoms with E-state index in [0.29, 0.717) is 10.7 Å². The molecular weight excluding hydrogens is 491 g/mol. The first-order valence-corrected chi connectivity index (χ1v) is 11.6. The second kappa shape index (κ2) is 10.6. The molecule has 0 saturated carbocycles. The van der Waals surface area contributed by atoms with E-state index in [1.165, 1.54) is 43.5 Å². The van der Waals surface area contributed by atoms with Crippen molar-refractivity contribution in [1.82, 2.24) is 0 Å². The molecular formula is C22H18Cl2N2O6S. The molecule has 0 saturated heterocycles. The van der Waals surface area contributed by atoms with Crippen molar-refractivity contribution in [1.29, 1.82) is 0 Å². The number of nitrogens with one attached hydrogen (secondary N) is 2. The maximum absolute atomic E-state index is 12.6. The summed E-state index contributed by atoms with van der Waals surface area (Å²) >= 11 is 12.0. The average Bonchev–Trinajstić information content (AvgIpc) is 2.79. The fraction of sp³-hybridized carbons (Fsp3) is 0.0909. The third-order valence-corrected chi connectivity index (χ3v) is 6.20. The number of ether oxygens (including phenoxy) is 2. The van der Waals surface area contributed by atoms with Gasteiger partial charge in [-0.15, -0.1) is 0 Å². The van der Waals surface area contributed by atoms with Gasteiger partial charge >= 0.3 is 5.97 Å². The number of halogens is 2. The van der Waals surface area contributed by atoms with Crippen LogP contribution in [0.25, 0.3) is 0 Å². The Bertz CT molecular complexity index is 1280. The van der Waals surface area contributed by atoms with Crippen LogP contribution in [0.2, 0.25) is 10.0 Å². The number of hydrogen-bond acceptors (Lipinski definition) is 6. The summed E-state index contributed by atoms with van der Waals surface area (Å²) in [6.45, 7) is -0.426. The SMILES string of the molecule is COC(=O)c1ccccc1NC(=O)COc1ccc(S(=O)(=O)Nc2ccc(Cl)cc2)cc1Cl. The monoisotopic (exact) mass is 508 g/mol. The lowest BCUT2D eigenvalue weighted by molar-refractivity contribution is -0.118. The van der Waals surface area contributed by atoms with E-state index in [9.17, 15) is 18.0 Å². The molecule has 0 heterocycles. The molecule has 0 aliphatic carbocycles. The van der Waals surface area contributed by atoms with Gasteiger partial charge in [0.1, 0.15) is 5.75 Å². The number of esters is 1. The molecule has 2 N–H and O–H groups in total. The third-order valence-electron chi connectivity index (χ3n) is 4.28. The molecule has 172 valence electrons. The fourth-order valence-electron chi connectivity index (χ4n) is 2.71. The minimum atomic E-state index is -3.91. The first kappa shape index (κ1) is 24.4. The van der Waals surface area contributed by atoms with Crippen molar-refractivity contribution in [3.05, 3.63) is 82.3 Å².